The Morgan fingerprint density at radius 2 is 2.00 bits per heavy atom. The molecule has 1 atom stereocenters. The second kappa shape index (κ2) is 15.2. The maximum atomic E-state index is 5.57. The summed E-state index contributed by atoms with van der Waals surface area (Å²) in [5, 5.41) is 6.86. The average molecular weight is 454 g/mol. The van der Waals surface area contributed by atoms with Crippen LogP contribution in [0.25, 0.3) is 0 Å². The lowest BCUT2D eigenvalue weighted by Crippen LogP contribution is -2.46. The number of likely N-dealkylation sites (tertiary alicyclic amines) is 1. The Morgan fingerprint density at radius 3 is 2.67 bits per heavy atom. The van der Waals surface area contributed by atoms with Gasteiger partial charge in [0.15, 0.2) is 5.96 Å². The molecule has 0 bridgehead atoms. The summed E-state index contributed by atoms with van der Waals surface area (Å²) < 4.78 is 5.57. The predicted octanol–water partition coefficient (Wildman–Crippen LogP) is 3.10. The normalized spacial score (nSPS) is 19.2. The highest BCUT2D eigenvalue weighted by Crippen LogP contribution is 2.17. The summed E-state index contributed by atoms with van der Waals surface area (Å²) in [4.78, 5) is 6.90. The summed E-state index contributed by atoms with van der Waals surface area (Å²) in [6, 6.07) is 0.656. The fraction of sp³-hybridized carbons (Fsp3) is 0.944. The number of unbranched alkanes of at least 4 members (excludes halogenated alkanes) is 1. The molecule has 0 spiro atoms. The van der Waals surface area contributed by atoms with Crippen LogP contribution in [0.1, 0.15) is 52.9 Å². The number of piperidine rings is 1. The molecule has 6 heteroatoms. The minimum absolute atomic E-state index is 0. The average Bonchev–Trinajstić information content (AvgIpc) is 2.57. The molecule has 5 nitrogen and oxygen atoms in total. The SMILES string of the molecule is CCCCOCCCNC(=NC)NCC1CCCN(C(C)C)C1.I. The molecule has 144 valence electrons. The van der Waals surface area contributed by atoms with Crippen molar-refractivity contribution in [2.24, 2.45) is 10.9 Å². The van der Waals surface area contributed by atoms with Crippen LogP contribution in [0.15, 0.2) is 4.99 Å². The number of aliphatic imine (C=N–C) groups is 1. The molecule has 0 saturated carbocycles. The molecule has 1 aliphatic heterocycles. The van der Waals surface area contributed by atoms with Crippen molar-refractivity contribution < 1.29 is 4.74 Å². The summed E-state index contributed by atoms with van der Waals surface area (Å²) in [6.45, 7) is 12.9. The summed E-state index contributed by atoms with van der Waals surface area (Å²) in [6.07, 6.45) is 6.01. The van der Waals surface area contributed by atoms with Gasteiger partial charge in [-0.2, -0.15) is 0 Å². The molecule has 0 aromatic rings. The van der Waals surface area contributed by atoms with Crippen molar-refractivity contribution in [3.05, 3.63) is 0 Å². The zero-order valence-corrected chi connectivity index (χ0v) is 18.5. The third-order valence-electron chi connectivity index (χ3n) is 4.46. The summed E-state index contributed by atoms with van der Waals surface area (Å²) in [5.74, 6) is 1.64. The third-order valence-corrected chi connectivity index (χ3v) is 4.46. The van der Waals surface area contributed by atoms with E-state index in [1.54, 1.807) is 0 Å². The van der Waals surface area contributed by atoms with Gasteiger partial charge in [-0.15, -0.1) is 24.0 Å². The van der Waals surface area contributed by atoms with E-state index >= 15 is 0 Å². The lowest BCUT2D eigenvalue weighted by molar-refractivity contribution is 0.129. The summed E-state index contributed by atoms with van der Waals surface area (Å²) >= 11 is 0. The molecule has 0 aromatic heterocycles. The van der Waals surface area contributed by atoms with Crippen molar-refractivity contribution in [2.75, 3.05) is 46.4 Å². The monoisotopic (exact) mass is 454 g/mol. The maximum Gasteiger partial charge on any atom is 0.190 e. The first kappa shape index (κ1) is 23.9. The van der Waals surface area contributed by atoms with E-state index in [0.29, 0.717) is 6.04 Å². The number of nitrogens with zero attached hydrogens (tertiary/aromatic N) is 2. The van der Waals surface area contributed by atoms with Crippen molar-refractivity contribution in [1.82, 2.24) is 15.5 Å². The molecule has 2 N–H and O–H groups in total. The van der Waals surface area contributed by atoms with Gasteiger partial charge in [0.1, 0.15) is 0 Å². The number of halogens is 1. The van der Waals surface area contributed by atoms with Gasteiger partial charge < -0.3 is 20.3 Å². The number of rotatable bonds is 10. The topological polar surface area (TPSA) is 48.9 Å². The zero-order valence-electron chi connectivity index (χ0n) is 16.1. The smallest absolute Gasteiger partial charge is 0.190 e. The van der Waals surface area contributed by atoms with E-state index in [1.807, 2.05) is 7.05 Å². The van der Waals surface area contributed by atoms with Gasteiger partial charge in [-0.1, -0.05) is 13.3 Å². The van der Waals surface area contributed by atoms with Crippen LogP contribution in [-0.4, -0.2) is 63.3 Å². The van der Waals surface area contributed by atoms with Gasteiger partial charge in [-0.05, 0) is 52.0 Å². The van der Waals surface area contributed by atoms with Gasteiger partial charge in [0.05, 0.1) is 0 Å². The van der Waals surface area contributed by atoms with Crippen LogP contribution < -0.4 is 10.6 Å². The van der Waals surface area contributed by atoms with Crippen LogP contribution in [0.4, 0.5) is 0 Å². The molecule has 1 aliphatic rings. The summed E-state index contributed by atoms with van der Waals surface area (Å²) in [5.41, 5.74) is 0. The van der Waals surface area contributed by atoms with Gasteiger partial charge >= 0.3 is 0 Å². The van der Waals surface area contributed by atoms with E-state index in [0.717, 1.165) is 51.0 Å². The maximum absolute atomic E-state index is 5.57. The molecule has 1 fully saturated rings. The first-order valence-electron chi connectivity index (χ1n) is 9.43. The van der Waals surface area contributed by atoms with Crippen molar-refractivity contribution >= 4 is 29.9 Å². The second-order valence-electron chi connectivity index (χ2n) is 6.80. The van der Waals surface area contributed by atoms with Gasteiger partial charge in [0.2, 0.25) is 0 Å². The van der Waals surface area contributed by atoms with Gasteiger partial charge in [-0.25, -0.2) is 0 Å². The zero-order chi connectivity index (χ0) is 16.9. The van der Waals surface area contributed by atoms with E-state index in [-0.39, 0.29) is 24.0 Å². The molecule has 1 heterocycles. The first-order chi connectivity index (χ1) is 11.2. The van der Waals surface area contributed by atoms with E-state index < -0.39 is 0 Å². The number of hydrogen-bond acceptors (Lipinski definition) is 3. The molecule has 1 saturated heterocycles. The van der Waals surface area contributed by atoms with Gasteiger partial charge in [0.25, 0.3) is 0 Å². The predicted molar refractivity (Wildman–Crippen MR) is 115 cm³/mol. The van der Waals surface area contributed by atoms with Crippen LogP contribution in [0.3, 0.4) is 0 Å². The number of nitrogens with one attached hydrogen (secondary N) is 2. The first-order valence-corrected chi connectivity index (χ1v) is 9.43. The number of ether oxygens (including phenoxy) is 1. The fourth-order valence-corrected chi connectivity index (χ4v) is 2.92. The molecule has 0 aliphatic carbocycles. The molecule has 0 amide bonds. The third kappa shape index (κ3) is 10.7. The largest absolute Gasteiger partial charge is 0.381 e. The summed E-state index contributed by atoms with van der Waals surface area (Å²) in [7, 11) is 1.84. The Bertz CT molecular complexity index is 326. The fourth-order valence-electron chi connectivity index (χ4n) is 2.92. The highest BCUT2D eigenvalue weighted by Gasteiger charge is 2.21. The quantitative estimate of drug-likeness (QED) is 0.231. The van der Waals surface area contributed by atoms with E-state index in [9.17, 15) is 0 Å². The van der Waals surface area contributed by atoms with E-state index in [2.05, 4.69) is 41.3 Å². The van der Waals surface area contributed by atoms with Crippen LogP contribution in [0.2, 0.25) is 0 Å². The van der Waals surface area contributed by atoms with Crippen LogP contribution in [-0.2, 0) is 4.74 Å². The standard InChI is InChI=1S/C18H38N4O.HI/c1-5-6-12-23-13-8-10-20-18(19-4)21-14-17-9-7-11-22(15-17)16(2)3;/h16-17H,5-15H2,1-4H3,(H2,19,20,21);1H. The molecule has 0 radical (unpaired) electrons. The number of hydrogen-bond donors (Lipinski definition) is 2. The highest BCUT2D eigenvalue weighted by atomic mass is 127. The van der Waals surface area contributed by atoms with E-state index in [4.69, 9.17) is 4.74 Å². The van der Waals surface area contributed by atoms with Crippen LogP contribution in [0.5, 0.6) is 0 Å². The number of guanidine groups is 1. The Kier molecular flexibility index (Phi) is 15.1. The lowest BCUT2D eigenvalue weighted by Gasteiger charge is -2.35. The van der Waals surface area contributed by atoms with Crippen LogP contribution in [0, 0.1) is 5.92 Å². The molecular formula is C18H39IN4O. The Morgan fingerprint density at radius 1 is 1.25 bits per heavy atom. The highest BCUT2D eigenvalue weighted by molar-refractivity contribution is 14.0. The molecule has 0 aromatic carbocycles. The minimum atomic E-state index is 0. The van der Waals surface area contributed by atoms with Crippen LogP contribution >= 0.6 is 24.0 Å². The second-order valence-corrected chi connectivity index (χ2v) is 6.80. The molecule has 1 unspecified atom stereocenters. The Labute approximate surface area is 166 Å². The minimum Gasteiger partial charge on any atom is -0.381 e. The molecule has 1 rings (SSSR count). The molecular weight excluding hydrogens is 415 g/mol. The van der Waals surface area contributed by atoms with Crippen molar-refractivity contribution in [3.63, 3.8) is 0 Å². The van der Waals surface area contributed by atoms with Gasteiger partial charge in [-0.3, -0.25) is 4.99 Å². The Hall–Kier alpha value is -0.0800. The molecule has 24 heavy (non-hydrogen) atoms. The van der Waals surface area contributed by atoms with Crippen molar-refractivity contribution in [3.8, 4) is 0 Å². The van der Waals surface area contributed by atoms with E-state index in [1.165, 1.54) is 32.4 Å². The van der Waals surface area contributed by atoms with Gasteiger partial charge in [0, 0.05) is 45.9 Å². The van der Waals surface area contributed by atoms with Crippen molar-refractivity contribution in [2.45, 2.75) is 58.9 Å². The Balaban J connectivity index is 0.00000529. The van der Waals surface area contributed by atoms with Crippen molar-refractivity contribution in [1.29, 1.82) is 0 Å². The lowest BCUT2D eigenvalue weighted by atomic mass is 9.97.